The number of nitrogens with one attached hydrogen (secondary N) is 1. The Labute approximate surface area is 124 Å². The Morgan fingerprint density at radius 3 is 2.52 bits per heavy atom. The maximum absolute atomic E-state index is 12.1. The van der Waals surface area contributed by atoms with Crippen LogP contribution in [0.15, 0.2) is 35.8 Å². The molecule has 1 aromatic heterocycles. The molecule has 0 fully saturated rings. The highest BCUT2D eigenvalue weighted by Gasteiger charge is 2.30. The first-order valence-electron chi connectivity index (χ1n) is 6.45. The monoisotopic (exact) mass is 316 g/mol. The molecule has 1 N–H and O–H groups in total. The zero-order valence-electron chi connectivity index (χ0n) is 11.4. The molecule has 0 radical (unpaired) electrons. The van der Waals surface area contributed by atoms with Crippen molar-refractivity contribution < 1.29 is 17.9 Å². The number of alkyl halides is 3. The molecular weight excluding hydrogens is 301 g/mol. The number of rotatable bonds is 6. The van der Waals surface area contributed by atoms with Crippen LogP contribution < -0.4 is 10.1 Å². The zero-order chi connectivity index (χ0) is 15.3. The number of ether oxygens (including phenoxy) is 1. The molecule has 7 heteroatoms. The first-order valence-corrected chi connectivity index (χ1v) is 7.33. The van der Waals surface area contributed by atoms with Crippen molar-refractivity contribution in [3.63, 3.8) is 0 Å². The van der Waals surface area contributed by atoms with Crippen LogP contribution in [0.25, 0.3) is 0 Å². The van der Waals surface area contributed by atoms with Gasteiger partial charge in [0.15, 0.2) is 0 Å². The van der Waals surface area contributed by atoms with Gasteiger partial charge < -0.3 is 10.1 Å². The molecule has 1 aromatic carbocycles. The maximum atomic E-state index is 12.1. The third-order valence-electron chi connectivity index (χ3n) is 2.87. The van der Waals surface area contributed by atoms with Crippen molar-refractivity contribution in [1.82, 2.24) is 10.3 Å². The smallest absolute Gasteiger partial charge is 0.406 e. The Morgan fingerprint density at radius 1 is 1.29 bits per heavy atom. The first kappa shape index (κ1) is 15.8. The van der Waals surface area contributed by atoms with E-state index in [4.69, 9.17) is 0 Å². The van der Waals surface area contributed by atoms with E-state index in [9.17, 15) is 13.2 Å². The minimum atomic E-state index is -4.65. The summed E-state index contributed by atoms with van der Waals surface area (Å²) in [6.07, 6.45) is -2.01. The van der Waals surface area contributed by atoms with Gasteiger partial charge in [-0.1, -0.05) is 19.1 Å². The predicted octanol–water partition coefficient (Wildman–Crippen LogP) is 4.28. The molecule has 1 atom stereocenters. The molecule has 0 saturated carbocycles. The molecule has 2 rings (SSSR count). The van der Waals surface area contributed by atoms with Crippen LogP contribution in [0.2, 0.25) is 0 Å². The normalized spacial score (nSPS) is 13.1. The van der Waals surface area contributed by atoms with Crippen LogP contribution in [-0.2, 0) is 6.54 Å². The molecule has 114 valence electrons. The van der Waals surface area contributed by atoms with Gasteiger partial charge in [0, 0.05) is 18.1 Å². The summed E-state index contributed by atoms with van der Waals surface area (Å²) in [5.41, 5.74) is 0.888. The Kier molecular flexibility index (Phi) is 5.19. The van der Waals surface area contributed by atoms with Crippen LogP contribution in [0, 0.1) is 0 Å². The number of nitrogens with zero attached hydrogens (tertiary/aromatic N) is 1. The summed E-state index contributed by atoms with van der Waals surface area (Å²) in [4.78, 5) is 4.27. The molecule has 0 spiro atoms. The van der Waals surface area contributed by atoms with Gasteiger partial charge in [-0.15, -0.1) is 24.5 Å². The van der Waals surface area contributed by atoms with Crippen molar-refractivity contribution in [2.45, 2.75) is 32.3 Å². The molecule has 0 amide bonds. The Morgan fingerprint density at radius 2 is 2.00 bits per heavy atom. The Bertz CT molecular complexity index is 540. The van der Waals surface area contributed by atoms with Crippen molar-refractivity contribution in [3.05, 3.63) is 46.4 Å². The van der Waals surface area contributed by atoms with Crippen molar-refractivity contribution in [2.75, 3.05) is 0 Å². The number of hydrogen-bond donors (Lipinski definition) is 1. The highest BCUT2D eigenvalue weighted by atomic mass is 32.1. The van der Waals surface area contributed by atoms with Gasteiger partial charge in [-0.2, -0.15) is 0 Å². The third-order valence-corrected chi connectivity index (χ3v) is 3.76. The van der Waals surface area contributed by atoms with Crippen molar-refractivity contribution in [2.24, 2.45) is 0 Å². The fourth-order valence-corrected chi connectivity index (χ4v) is 2.66. The first-order chi connectivity index (χ1) is 9.98. The highest BCUT2D eigenvalue weighted by Crippen LogP contribution is 2.23. The summed E-state index contributed by atoms with van der Waals surface area (Å²) in [6, 6.07) is 6.01. The Balaban J connectivity index is 1.91. The van der Waals surface area contributed by atoms with E-state index < -0.39 is 6.36 Å². The highest BCUT2D eigenvalue weighted by molar-refractivity contribution is 7.09. The summed E-state index contributed by atoms with van der Waals surface area (Å²) < 4.78 is 40.0. The van der Waals surface area contributed by atoms with E-state index in [1.54, 1.807) is 29.7 Å². The fraction of sp³-hybridized carbons (Fsp3) is 0.357. The zero-order valence-corrected chi connectivity index (χ0v) is 12.2. The fourth-order valence-electron chi connectivity index (χ4n) is 1.86. The summed E-state index contributed by atoms with van der Waals surface area (Å²) >= 11 is 1.58. The Hall–Kier alpha value is -1.60. The number of halogens is 3. The van der Waals surface area contributed by atoms with Crippen molar-refractivity contribution in [1.29, 1.82) is 0 Å². The van der Waals surface area contributed by atoms with E-state index >= 15 is 0 Å². The second kappa shape index (κ2) is 6.91. The molecule has 3 nitrogen and oxygen atoms in total. The molecule has 0 aliphatic heterocycles. The third kappa shape index (κ3) is 5.02. The van der Waals surface area contributed by atoms with Crippen LogP contribution in [0.4, 0.5) is 13.2 Å². The van der Waals surface area contributed by atoms with Crippen LogP contribution in [0.5, 0.6) is 5.75 Å². The van der Waals surface area contributed by atoms with Crippen LogP contribution in [0.3, 0.4) is 0 Å². The minimum absolute atomic E-state index is 0.149. The number of aromatic nitrogens is 1. The van der Waals surface area contributed by atoms with E-state index in [0.717, 1.165) is 17.0 Å². The van der Waals surface area contributed by atoms with Crippen LogP contribution in [0.1, 0.15) is 30.0 Å². The maximum Gasteiger partial charge on any atom is 0.573 e. The van der Waals surface area contributed by atoms with E-state index in [2.05, 4.69) is 22.0 Å². The van der Waals surface area contributed by atoms with Gasteiger partial charge in [-0.25, -0.2) is 4.98 Å². The van der Waals surface area contributed by atoms with Gasteiger partial charge in [0.1, 0.15) is 10.8 Å². The SMILES string of the molecule is CCC(NCc1ccc(OC(F)(F)F)cc1)c1nccs1. The second-order valence-electron chi connectivity index (χ2n) is 4.40. The lowest BCUT2D eigenvalue weighted by Crippen LogP contribution is -2.20. The lowest BCUT2D eigenvalue weighted by molar-refractivity contribution is -0.274. The lowest BCUT2D eigenvalue weighted by atomic mass is 10.2. The lowest BCUT2D eigenvalue weighted by Gasteiger charge is -2.15. The summed E-state index contributed by atoms with van der Waals surface area (Å²) in [7, 11) is 0. The summed E-state index contributed by atoms with van der Waals surface area (Å²) in [5, 5.41) is 6.27. The summed E-state index contributed by atoms with van der Waals surface area (Å²) in [5.74, 6) is -0.210. The molecule has 21 heavy (non-hydrogen) atoms. The quantitative estimate of drug-likeness (QED) is 0.863. The average molecular weight is 316 g/mol. The molecule has 0 saturated heterocycles. The molecule has 2 aromatic rings. The summed E-state index contributed by atoms with van der Waals surface area (Å²) in [6.45, 7) is 2.61. The van der Waals surface area contributed by atoms with E-state index in [1.165, 1.54) is 12.1 Å². The van der Waals surface area contributed by atoms with E-state index in [-0.39, 0.29) is 11.8 Å². The standard InChI is InChI=1S/C14H15F3N2OS/c1-2-12(13-18-7-8-21-13)19-9-10-3-5-11(6-4-10)20-14(15,16)17/h3-8,12,19H,2,9H2,1H3. The van der Waals surface area contributed by atoms with Gasteiger partial charge in [0.2, 0.25) is 0 Å². The predicted molar refractivity (Wildman–Crippen MR) is 75.1 cm³/mol. The van der Waals surface area contributed by atoms with Gasteiger partial charge in [-0.05, 0) is 24.1 Å². The van der Waals surface area contributed by atoms with Crippen LogP contribution in [-0.4, -0.2) is 11.3 Å². The van der Waals surface area contributed by atoms with Gasteiger partial charge in [0.25, 0.3) is 0 Å². The van der Waals surface area contributed by atoms with E-state index in [1.807, 2.05) is 5.38 Å². The minimum Gasteiger partial charge on any atom is -0.406 e. The van der Waals surface area contributed by atoms with Crippen molar-refractivity contribution in [3.8, 4) is 5.75 Å². The van der Waals surface area contributed by atoms with Crippen molar-refractivity contribution >= 4 is 11.3 Å². The molecule has 1 heterocycles. The molecular formula is C14H15F3N2OS. The number of hydrogen-bond acceptors (Lipinski definition) is 4. The van der Waals surface area contributed by atoms with Gasteiger partial charge >= 0.3 is 6.36 Å². The molecule has 0 bridgehead atoms. The second-order valence-corrected chi connectivity index (χ2v) is 5.33. The average Bonchev–Trinajstić information content (AvgIpc) is 2.94. The number of benzene rings is 1. The molecule has 0 aliphatic rings. The van der Waals surface area contributed by atoms with Gasteiger partial charge in [-0.3, -0.25) is 0 Å². The molecule has 0 aliphatic carbocycles. The topological polar surface area (TPSA) is 34.1 Å². The molecule has 1 unspecified atom stereocenters. The largest absolute Gasteiger partial charge is 0.573 e. The van der Waals surface area contributed by atoms with E-state index in [0.29, 0.717) is 6.54 Å². The van der Waals surface area contributed by atoms with Crippen LogP contribution >= 0.6 is 11.3 Å². The van der Waals surface area contributed by atoms with Gasteiger partial charge in [0.05, 0.1) is 6.04 Å². The number of thiazole rings is 1.